The van der Waals surface area contributed by atoms with Gasteiger partial charge in [0.1, 0.15) is 0 Å². The van der Waals surface area contributed by atoms with Gasteiger partial charge in [0.15, 0.2) is 0 Å². The van der Waals surface area contributed by atoms with Gasteiger partial charge in [-0.2, -0.15) is 0 Å². The zero-order valence-electron chi connectivity index (χ0n) is 10.1. The molecule has 1 aromatic heterocycles. The molecule has 2 atom stereocenters. The van der Waals surface area contributed by atoms with Crippen molar-refractivity contribution in [2.45, 2.75) is 38.8 Å². The summed E-state index contributed by atoms with van der Waals surface area (Å²) >= 11 is 0. The minimum absolute atomic E-state index is 0.0461. The maximum Gasteiger partial charge on any atom is 0.0951 e. The van der Waals surface area contributed by atoms with Gasteiger partial charge < -0.3 is 15.0 Å². The number of imidazole rings is 1. The van der Waals surface area contributed by atoms with Crippen LogP contribution in [0.4, 0.5) is 0 Å². The number of nitrogens with zero attached hydrogens (tertiary/aromatic N) is 2. The summed E-state index contributed by atoms with van der Waals surface area (Å²) in [6.07, 6.45) is 6.05. The van der Waals surface area contributed by atoms with E-state index in [1.165, 1.54) is 0 Å². The molecule has 4 heteroatoms. The Kier molecular flexibility index (Phi) is 3.61. The minimum atomic E-state index is 0.0461. The molecule has 1 saturated heterocycles. The highest BCUT2D eigenvalue weighted by atomic mass is 16.5. The molecule has 1 aliphatic rings. The van der Waals surface area contributed by atoms with Gasteiger partial charge in [0.25, 0.3) is 0 Å². The van der Waals surface area contributed by atoms with E-state index in [1.54, 1.807) is 0 Å². The molecule has 1 aliphatic heterocycles. The predicted octanol–water partition coefficient (Wildman–Crippen LogP) is 1.89. The van der Waals surface area contributed by atoms with E-state index in [4.69, 9.17) is 10.5 Å². The molecule has 2 heterocycles. The van der Waals surface area contributed by atoms with Gasteiger partial charge in [-0.15, -0.1) is 0 Å². The maximum absolute atomic E-state index is 5.94. The maximum atomic E-state index is 5.94. The Balaban J connectivity index is 2.12. The van der Waals surface area contributed by atoms with Crippen LogP contribution in [-0.2, 0) is 4.74 Å². The van der Waals surface area contributed by atoms with Crippen molar-refractivity contribution in [3.63, 3.8) is 0 Å². The standard InChI is InChI=1S/C12H21N3O/c1-9(13)12-7-14-8-15(12)10(2)11-3-5-16-6-4-11/h7-11H,3-6,13H2,1-2H3/t9-,10?/m1/s1. The van der Waals surface area contributed by atoms with Crippen LogP contribution >= 0.6 is 0 Å². The molecule has 0 aliphatic carbocycles. The molecule has 1 fully saturated rings. The molecule has 0 spiro atoms. The van der Waals surface area contributed by atoms with Gasteiger partial charge in [0.05, 0.1) is 12.0 Å². The predicted molar refractivity (Wildman–Crippen MR) is 63.1 cm³/mol. The first-order valence-corrected chi connectivity index (χ1v) is 6.05. The summed E-state index contributed by atoms with van der Waals surface area (Å²) in [5.74, 6) is 0.681. The molecule has 0 saturated carbocycles. The van der Waals surface area contributed by atoms with Crippen molar-refractivity contribution >= 4 is 0 Å². The van der Waals surface area contributed by atoms with E-state index < -0.39 is 0 Å². The van der Waals surface area contributed by atoms with E-state index in [0.717, 1.165) is 31.7 Å². The Morgan fingerprint density at radius 2 is 2.12 bits per heavy atom. The molecule has 4 nitrogen and oxygen atoms in total. The van der Waals surface area contributed by atoms with E-state index in [9.17, 15) is 0 Å². The molecule has 2 N–H and O–H groups in total. The molecule has 1 aromatic rings. The molecule has 16 heavy (non-hydrogen) atoms. The van der Waals surface area contributed by atoms with Gasteiger partial charge in [-0.25, -0.2) is 4.98 Å². The Morgan fingerprint density at radius 1 is 1.44 bits per heavy atom. The topological polar surface area (TPSA) is 53.1 Å². The number of hydrogen-bond donors (Lipinski definition) is 1. The summed E-state index contributed by atoms with van der Waals surface area (Å²) in [6.45, 7) is 6.03. The third-order valence-corrected chi connectivity index (χ3v) is 3.55. The van der Waals surface area contributed by atoms with Crippen LogP contribution in [0.1, 0.15) is 44.5 Å². The van der Waals surface area contributed by atoms with Crippen LogP contribution in [0.15, 0.2) is 12.5 Å². The number of ether oxygens (including phenoxy) is 1. The lowest BCUT2D eigenvalue weighted by Gasteiger charge is -2.30. The molecule has 0 bridgehead atoms. The highest BCUT2D eigenvalue weighted by molar-refractivity contribution is 5.05. The third-order valence-electron chi connectivity index (χ3n) is 3.55. The van der Waals surface area contributed by atoms with Crippen molar-refractivity contribution in [2.24, 2.45) is 11.7 Å². The first-order valence-electron chi connectivity index (χ1n) is 6.05. The zero-order valence-corrected chi connectivity index (χ0v) is 10.1. The van der Waals surface area contributed by atoms with Crippen LogP contribution in [0, 0.1) is 5.92 Å². The molecule has 0 aromatic carbocycles. The first kappa shape index (κ1) is 11.6. The fraction of sp³-hybridized carbons (Fsp3) is 0.750. The lowest BCUT2D eigenvalue weighted by atomic mass is 9.92. The van der Waals surface area contributed by atoms with Crippen molar-refractivity contribution in [3.8, 4) is 0 Å². The normalized spacial score (nSPS) is 21.9. The average Bonchev–Trinajstić information content (AvgIpc) is 2.78. The fourth-order valence-electron chi connectivity index (χ4n) is 2.43. The van der Waals surface area contributed by atoms with E-state index in [2.05, 4.69) is 16.5 Å². The van der Waals surface area contributed by atoms with Crippen molar-refractivity contribution < 1.29 is 4.74 Å². The molecule has 2 rings (SSSR count). The van der Waals surface area contributed by atoms with Crippen LogP contribution in [0.5, 0.6) is 0 Å². The van der Waals surface area contributed by atoms with Crippen LogP contribution < -0.4 is 5.73 Å². The number of nitrogens with two attached hydrogens (primary N) is 1. The lowest BCUT2D eigenvalue weighted by Crippen LogP contribution is -2.25. The molecular formula is C12H21N3O. The van der Waals surface area contributed by atoms with E-state index in [-0.39, 0.29) is 6.04 Å². The highest BCUT2D eigenvalue weighted by Gasteiger charge is 2.23. The van der Waals surface area contributed by atoms with Crippen LogP contribution in [0.2, 0.25) is 0 Å². The zero-order chi connectivity index (χ0) is 11.5. The summed E-state index contributed by atoms with van der Waals surface area (Å²) in [5, 5.41) is 0. The van der Waals surface area contributed by atoms with E-state index in [0.29, 0.717) is 12.0 Å². The Labute approximate surface area is 96.8 Å². The molecule has 0 amide bonds. The van der Waals surface area contributed by atoms with Gasteiger partial charge in [-0.1, -0.05) is 0 Å². The quantitative estimate of drug-likeness (QED) is 0.851. The number of rotatable bonds is 3. The minimum Gasteiger partial charge on any atom is -0.381 e. The molecular weight excluding hydrogens is 202 g/mol. The van der Waals surface area contributed by atoms with E-state index in [1.807, 2.05) is 19.4 Å². The van der Waals surface area contributed by atoms with Gasteiger partial charge in [0.2, 0.25) is 0 Å². The number of aromatic nitrogens is 2. The summed E-state index contributed by atoms with van der Waals surface area (Å²) in [4.78, 5) is 4.21. The van der Waals surface area contributed by atoms with Gasteiger partial charge in [-0.05, 0) is 32.6 Å². The summed E-state index contributed by atoms with van der Waals surface area (Å²) in [5.41, 5.74) is 7.06. The second kappa shape index (κ2) is 4.97. The second-order valence-electron chi connectivity index (χ2n) is 4.70. The lowest BCUT2D eigenvalue weighted by molar-refractivity contribution is 0.0509. The van der Waals surface area contributed by atoms with Crippen LogP contribution in [0.3, 0.4) is 0 Å². The van der Waals surface area contributed by atoms with Crippen molar-refractivity contribution in [3.05, 3.63) is 18.2 Å². The Hall–Kier alpha value is -0.870. The third kappa shape index (κ3) is 2.28. The fourth-order valence-corrected chi connectivity index (χ4v) is 2.43. The van der Waals surface area contributed by atoms with Crippen molar-refractivity contribution in [1.82, 2.24) is 9.55 Å². The summed E-state index contributed by atoms with van der Waals surface area (Å²) < 4.78 is 7.62. The number of hydrogen-bond acceptors (Lipinski definition) is 3. The SMILES string of the molecule is CC(C1CCOCC1)n1cncc1[C@@H](C)N. The van der Waals surface area contributed by atoms with Crippen molar-refractivity contribution in [1.29, 1.82) is 0 Å². The van der Waals surface area contributed by atoms with Gasteiger partial charge in [0, 0.05) is 31.5 Å². The Morgan fingerprint density at radius 3 is 2.75 bits per heavy atom. The van der Waals surface area contributed by atoms with Crippen LogP contribution in [-0.4, -0.2) is 22.8 Å². The monoisotopic (exact) mass is 223 g/mol. The second-order valence-corrected chi connectivity index (χ2v) is 4.70. The van der Waals surface area contributed by atoms with Gasteiger partial charge in [-0.3, -0.25) is 0 Å². The van der Waals surface area contributed by atoms with Crippen LogP contribution in [0.25, 0.3) is 0 Å². The molecule has 1 unspecified atom stereocenters. The Bertz CT molecular complexity index is 329. The van der Waals surface area contributed by atoms with Gasteiger partial charge >= 0.3 is 0 Å². The largest absolute Gasteiger partial charge is 0.381 e. The molecule has 0 radical (unpaired) electrons. The molecule has 90 valence electrons. The van der Waals surface area contributed by atoms with E-state index >= 15 is 0 Å². The summed E-state index contributed by atoms with van der Waals surface area (Å²) in [7, 11) is 0. The smallest absolute Gasteiger partial charge is 0.0951 e. The van der Waals surface area contributed by atoms with Crippen molar-refractivity contribution in [2.75, 3.05) is 13.2 Å². The highest BCUT2D eigenvalue weighted by Crippen LogP contribution is 2.29. The summed E-state index contributed by atoms with van der Waals surface area (Å²) in [6, 6.07) is 0.511. The average molecular weight is 223 g/mol. The first-order chi connectivity index (χ1) is 7.70.